The molecule has 1 aromatic rings. The minimum Gasteiger partial charge on any atom is -0.249 e. The molecule has 20 heavy (non-hydrogen) atoms. The van der Waals surface area contributed by atoms with Crippen molar-refractivity contribution in [3.8, 4) is 0 Å². The summed E-state index contributed by atoms with van der Waals surface area (Å²) in [6.45, 7) is 8.45. The largest absolute Gasteiger partial charge is 0.249 e. The summed E-state index contributed by atoms with van der Waals surface area (Å²) in [5.74, 6) is 0.995. The maximum absolute atomic E-state index is 4.67. The van der Waals surface area contributed by atoms with E-state index in [0.717, 1.165) is 17.8 Å². The Morgan fingerprint density at radius 2 is 2.00 bits per heavy atom. The van der Waals surface area contributed by atoms with Gasteiger partial charge in [0.1, 0.15) is 5.69 Å². The van der Waals surface area contributed by atoms with Crippen molar-refractivity contribution < 1.29 is 0 Å². The van der Waals surface area contributed by atoms with E-state index in [1.54, 1.807) is 0 Å². The van der Waals surface area contributed by atoms with Crippen LogP contribution in [0.1, 0.15) is 58.3 Å². The molecule has 0 aliphatic carbocycles. The molecule has 0 N–H and O–H groups in total. The van der Waals surface area contributed by atoms with Gasteiger partial charge in [-0.05, 0) is 31.9 Å². The maximum atomic E-state index is 4.67. The molecule has 2 rings (SSSR count). The van der Waals surface area contributed by atoms with Crippen LogP contribution in [0.4, 0.5) is 0 Å². The monoisotopic (exact) mass is 272 g/mol. The lowest BCUT2D eigenvalue weighted by Gasteiger charge is -2.19. The Balaban J connectivity index is 2.14. The van der Waals surface area contributed by atoms with Crippen LogP contribution in [-0.4, -0.2) is 16.5 Å². The number of aliphatic imine (C=N–C) groups is 1. The molecule has 4 heteroatoms. The number of aromatic nitrogens is 1. The number of unbranched alkanes of at least 4 members (excludes halogenated alkanes) is 2. The van der Waals surface area contributed by atoms with Crippen LogP contribution in [0.25, 0.3) is 0 Å². The highest BCUT2D eigenvalue weighted by Gasteiger charge is 2.32. The van der Waals surface area contributed by atoms with Gasteiger partial charge in [0.15, 0.2) is 11.5 Å². The molecule has 108 valence electrons. The van der Waals surface area contributed by atoms with Crippen LogP contribution in [0.2, 0.25) is 0 Å². The summed E-state index contributed by atoms with van der Waals surface area (Å²) in [5, 5.41) is 8.54. The first-order valence-electron chi connectivity index (χ1n) is 7.54. The summed E-state index contributed by atoms with van der Waals surface area (Å²) in [5.41, 5.74) is 1.52. The summed E-state index contributed by atoms with van der Waals surface area (Å²) in [6.07, 6.45) is 4.68. The molecule has 0 amide bonds. The number of nitrogens with zero attached hydrogens (tertiary/aromatic N) is 4. The molecule has 1 aliphatic heterocycles. The molecule has 2 heterocycles. The Bertz CT molecular complexity index is 519. The van der Waals surface area contributed by atoms with E-state index in [2.05, 4.69) is 47.0 Å². The molecule has 0 saturated heterocycles. The fourth-order valence-electron chi connectivity index (χ4n) is 2.06. The average Bonchev–Trinajstić information content (AvgIpc) is 2.84. The van der Waals surface area contributed by atoms with Gasteiger partial charge in [0, 0.05) is 11.6 Å². The fraction of sp³-hybridized carbons (Fsp3) is 0.625. The number of hydrogen-bond donors (Lipinski definition) is 0. The summed E-state index contributed by atoms with van der Waals surface area (Å²) in [4.78, 5) is 9.32. The van der Waals surface area contributed by atoms with E-state index in [-0.39, 0.29) is 0 Å². The number of pyridine rings is 1. The van der Waals surface area contributed by atoms with Gasteiger partial charge in [0.2, 0.25) is 0 Å². The molecular weight excluding hydrogens is 248 g/mol. The minimum absolute atomic E-state index is 0.330. The number of azo groups is 1. The van der Waals surface area contributed by atoms with E-state index in [4.69, 9.17) is 0 Å². The minimum atomic E-state index is -0.435. The molecule has 4 nitrogen and oxygen atoms in total. The van der Waals surface area contributed by atoms with Crippen LogP contribution in [0.5, 0.6) is 0 Å². The predicted octanol–water partition coefficient (Wildman–Crippen LogP) is 4.40. The summed E-state index contributed by atoms with van der Waals surface area (Å²) >= 11 is 0. The normalized spacial score (nSPS) is 21.6. The van der Waals surface area contributed by atoms with Crippen molar-refractivity contribution >= 4 is 5.84 Å². The van der Waals surface area contributed by atoms with E-state index in [9.17, 15) is 0 Å². The second-order valence-corrected chi connectivity index (χ2v) is 5.86. The average molecular weight is 272 g/mol. The molecule has 0 saturated carbocycles. The highest BCUT2D eigenvalue weighted by atomic mass is 15.3. The smallest absolute Gasteiger partial charge is 0.197 e. The highest BCUT2D eigenvalue weighted by molar-refractivity contribution is 5.98. The highest BCUT2D eigenvalue weighted by Crippen LogP contribution is 2.29. The van der Waals surface area contributed by atoms with Crippen molar-refractivity contribution in [3.05, 3.63) is 29.6 Å². The molecular formula is C16H24N4. The molecule has 0 bridgehead atoms. The zero-order valence-corrected chi connectivity index (χ0v) is 12.9. The fourth-order valence-corrected chi connectivity index (χ4v) is 2.06. The Morgan fingerprint density at radius 3 is 2.65 bits per heavy atom. The first-order valence-corrected chi connectivity index (χ1v) is 7.54. The quantitative estimate of drug-likeness (QED) is 0.708. The number of hydrogen-bond acceptors (Lipinski definition) is 4. The van der Waals surface area contributed by atoms with Crippen molar-refractivity contribution in [3.63, 3.8) is 0 Å². The van der Waals surface area contributed by atoms with E-state index >= 15 is 0 Å². The van der Waals surface area contributed by atoms with Crippen LogP contribution in [0.15, 0.2) is 33.4 Å². The number of aryl methyl sites for hydroxylation is 1. The molecule has 1 atom stereocenters. The zero-order chi connectivity index (χ0) is 14.6. The van der Waals surface area contributed by atoms with Crippen molar-refractivity contribution in [2.24, 2.45) is 21.1 Å². The molecule has 1 aromatic heterocycles. The van der Waals surface area contributed by atoms with Gasteiger partial charge in [-0.15, -0.1) is 5.11 Å². The van der Waals surface area contributed by atoms with Crippen LogP contribution in [0.3, 0.4) is 0 Å². The van der Waals surface area contributed by atoms with E-state index < -0.39 is 5.66 Å². The van der Waals surface area contributed by atoms with Gasteiger partial charge >= 0.3 is 0 Å². The van der Waals surface area contributed by atoms with E-state index in [1.807, 2.05) is 19.1 Å². The van der Waals surface area contributed by atoms with Gasteiger partial charge in [-0.2, -0.15) is 5.11 Å². The Hall–Kier alpha value is -1.58. The van der Waals surface area contributed by atoms with Gasteiger partial charge in [0.25, 0.3) is 0 Å². The second kappa shape index (κ2) is 6.25. The zero-order valence-electron chi connectivity index (χ0n) is 12.9. The van der Waals surface area contributed by atoms with Crippen molar-refractivity contribution in [1.82, 2.24) is 4.98 Å². The van der Waals surface area contributed by atoms with Crippen LogP contribution in [-0.2, 0) is 6.42 Å². The first kappa shape index (κ1) is 14.8. The molecule has 0 aromatic carbocycles. The Morgan fingerprint density at radius 1 is 1.20 bits per heavy atom. The Labute approximate surface area is 121 Å². The van der Waals surface area contributed by atoms with Gasteiger partial charge in [-0.1, -0.05) is 39.7 Å². The van der Waals surface area contributed by atoms with Crippen molar-refractivity contribution in [2.75, 3.05) is 0 Å². The van der Waals surface area contributed by atoms with Crippen molar-refractivity contribution in [1.29, 1.82) is 0 Å². The van der Waals surface area contributed by atoms with Crippen LogP contribution in [0, 0.1) is 5.92 Å². The van der Waals surface area contributed by atoms with Gasteiger partial charge in [-0.25, -0.2) is 9.98 Å². The molecule has 1 unspecified atom stereocenters. The van der Waals surface area contributed by atoms with E-state index in [1.165, 1.54) is 19.3 Å². The lowest BCUT2D eigenvalue weighted by Crippen LogP contribution is -2.24. The molecule has 0 fully saturated rings. The van der Waals surface area contributed by atoms with Gasteiger partial charge < -0.3 is 0 Å². The SMILES string of the molecule is CCCCCc1cccc(C2=NC(C)(C(C)C)N=N2)n1. The summed E-state index contributed by atoms with van der Waals surface area (Å²) in [6, 6.07) is 6.08. The first-order chi connectivity index (χ1) is 9.55. The van der Waals surface area contributed by atoms with Crippen LogP contribution < -0.4 is 0 Å². The third-order valence-electron chi connectivity index (χ3n) is 3.85. The summed E-state index contributed by atoms with van der Waals surface area (Å²) < 4.78 is 0. The summed E-state index contributed by atoms with van der Waals surface area (Å²) in [7, 11) is 0. The molecule has 0 radical (unpaired) electrons. The van der Waals surface area contributed by atoms with Gasteiger partial charge in [0.05, 0.1) is 0 Å². The third-order valence-corrected chi connectivity index (χ3v) is 3.85. The standard InChI is InChI=1S/C16H24N4/c1-5-6-7-9-13-10-8-11-14(17-13)15-18-16(4,12(2)3)20-19-15/h8,10-12H,5-7,9H2,1-4H3. The van der Waals surface area contributed by atoms with Crippen molar-refractivity contribution in [2.45, 2.75) is 59.0 Å². The predicted molar refractivity (Wildman–Crippen MR) is 82.1 cm³/mol. The molecule has 1 aliphatic rings. The number of rotatable bonds is 6. The third kappa shape index (κ3) is 3.30. The molecule has 0 spiro atoms. The van der Waals surface area contributed by atoms with Gasteiger partial charge in [-0.3, -0.25) is 0 Å². The Kier molecular flexibility index (Phi) is 4.63. The second-order valence-electron chi connectivity index (χ2n) is 5.86. The van der Waals surface area contributed by atoms with Crippen LogP contribution >= 0.6 is 0 Å². The maximum Gasteiger partial charge on any atom is 0.197 e. The number of amidine groups is 1. The lowest BCUT2D eigenvalue weighted by atomic mass is 10.0. The topological polar surface area (TPSA) is 50.0 Å². The van der Waals surface area contributed by atoms with E-state index in [0.29, 0.717) is 11.8 Å². The lowest BCUT2D eigenvalue weighted by molar-refractivity contribution is 0.357.